The number of nitrogens with two attached hydrogens (primary N) is 1. The molecule has 0 spiro atoms. The fraction of sp³-hybridized carbons (Fsp3) is 0.400. The van der Waals surface area contributed by atoms with Crippen molar-refractivity contribution in [2.75, 3.05) is 6.54 Å². The van der Waals surface area contributed by atoms with E-state index in [2.05, 4.69) is 38.0 Å². The van der Waals surface area contributed by atoms with Gasteiger partial charge in [0.25, 0.3) is 5.56 Å². The van der Waals surface area contributed by atoms with E-state index < -0.39 is 0 Å². The number of nitrogens with zero attached hydrogens (tertiary/aromatic N) is 1. The smallest absolute Gasteiger partial charge is 0.270 e. The van der Waals surface area contributed by atoms with Crippen molar-refractivity contribution < 1.29 is 0 Å². The molecule has 1 heterocycles. The van der Waals surface area contributed by atoms with Gasteiger partial charge < -0.3 is 5.73 Å². The highest BCUT2D eigenvalue weighted by Crippen LogP contribution is 2.27. The molecule has 0 atom stereocenters. The first kappa shape index (κ1) is 13.6. The number of aromatic nitrogens is 2. The molecular formula is C15H21N3O. The second-order valence-electron chi connectivity index (χ2n) is 5.05. The Bertz CT molecular complexity index is 665. The number of rotatable bonds is 3. The molecule has 0 aliphatic rings. The first-order valence-corrected chi connectivity index (χ1v) is 6.52. The molecule has 0 aliphatic carbocycles. The lowest BCUT2D eigenvalue weighted by molar-refractivity contribution is 0.739. The second kappa shape index (κ2) is 5.05. The van der Waals surface area contributed by atoms with Crippen LogP contribution in [0.3, 0.4) is 0 Å². The van der Waals surface area contributed by atoms with Gasteiger partial charge in [0.15, 0.2) is 0 Å². The zero-order valence-electron chi connectivity index (χ0n) is 12.0. The molecule has 2 rings (SSSR count). The van der Waals surface area contributed by atoms with Crippen molar-refractivity contribution in [1.82, 2.24) is 9.78 Å². The molecule has 102 valence electrons. The summed E-state index contributed by atoms with van der Waals surface area (Å²) in [5.41, 5.74) is 12.1. The fourth-order valence-corrected chi connectivity index (χ4v) is 2.42. The fourth-order valence-electron chi connectivity index (χ4n) is 2.42. The molecule has 1 aromatic carbocycles. The van der Waals surface area contributed by atoms with Crippen LogP contribution in [0.15, 0.2) is 16.9 Å². The van der Waals surface area contributed by atoms with E-state index in [1.54, 1.807) is 7.05 Å². The van der Waals surface area contributed by atoms with E-state index in [1.807, 2.05) is 0 Å². The van der Waals surface area contributed by atoms with Gasteiger partial charge in [0.1, 0.15) is 0 Å². The molecule has 0 amide bonds. The summed E-state index contributed by atoms with van der Waals surface area (Å²) in [5.74, 6) is 0. The van der Waals surface area contributed by atoms with Crippen LogP contribution in [-0.2, 0) is 13.5 Å². The van der Waals surface area contributed by atoms with Gasteiger partial charge in [-0.15, -0.1) is 0 Å². The van der Waals surface area contributed by atoms with Gasteiger partial charge in [-0.25, -0.2) is 0 Å². The summed E-state index contributed by atoms with van der Waals surface area (Å²) in [5, 5.41) is 3.15. The molecule has 2 aromatic rings. The van der Waals surface area contributed by atoms with Crippen LogP contribution in [0.5, 0.6) is 0 Å². The molecule has 0 unspecified atom stereocenters. The molecule has 0 bridgehead atoms. The van der Waals surface area contributed by atoms with Crippen LogP contribution in [0.25, 0.3) is 11.3 Å². The van der Waals surface area contributed by atoms with E-state index in [-0.39, 0.29) is 5.56 Å². The number of hydrogen-bond donors (Lipinski definition) is 2. The molecule has 0 radical (unpaired) electrons. The summed E-state index contributed by atoms with van der Waals surface area (Å²) in [7, 11) is 1.74. The predicted octanol–water partition coefficient (Wildman–Crippen LogP) is 1.81. The van der Waals surface area contributed by atoms with Crippen LogP contribution in [0.2, 0.25) is 0 Å². The molecular weight excluding hydrogens is 238 g/mol. The van der Waals surface area contributed by atoms with E-state index in [1.165, 1.54) is 21.4 Å². The summed E-state index contributed by atoms with van der Waals surface area (Å²) in [6, 6.07) is 4.16. The first-order chi connectivity index (χ1) is 8.97. The van der Waals surface area contributed by atoms with Gasteiger partial charge in [-0.1, -0.05) is 12.1 Å². The van der Waals surface area contributed by atoms with Crippen molar-refractivity contribution in [1.29, 1.82) is 0 Å². The lowest BCUT2D eigenvalue weighted by Crippen LogP contribution is -2.17. The number of aromatic amines is 1. The van der Waals surface area contributed by atoms with Gasteiger partial charge >= 0.3 is 0 Å². The van der Waals surface area contributed by atoms with E-state index in [0.29, 0.717) is 13.0 Å². The molecule has 19 heavy (non-hydrogen) atoms. The first-order valence-electron chi connectivity index (χ1n) is 6.52. The average Bonchev–Trinajstić information content (AvgIpc) is 2.65. The van der Waals surface area contributed by atoms with Crippen LogP contribution >= 0.6 is 0 Å². The zero-order chi connectivity index (χ0) is 14.2. The number of aryl methyl sites for hydroxylation is 2. The number of H-pyrrole nitrogens is 1. The van der Waals surface area contributed by atoms with E-state index >= 15 is 0 Å². The average molecular weight is 259 g/mol. The van der Waals surface area contributed by atoms with Crippen LogP contribution in [0, 0.1) is 20.8 Å². The van der Waals surface area contributed by atoms with Crippen molar-refractivity contribution in [3.63, 3.8) is 0 Å². The molecule has 0 saturated heterocycles. The minimum atomic E-state index is 0.0121. The Morgan fingerprint density at radius 1 is 1.21 bits per heavy atom. The second-order valence-corrected chi connectivity index (χ2v) is 5.05. The monoisotopic (exact) mass is 259 g/mol. The maximum Gasteiger partial charge on any atom is 0.270 e. The van der Waals surface area contributed by atoms with E-state index in [9.17, 15) is 4.79 Å². The normalized spacial score (nSPS) is 11.0. The van der Waals surface area contributed by atoms with Crippen molar-refractivity contribution >= 4 is 0 Å². The highest BCUT2D eigenvalue weighted by molar-refractivity contribution is 5.68. The SMILES string of the molecule is Cc1ccc(-c2[nH]n(C)c(=O)c2CCN)c(C)c1C. The molecule has 0 saturated carbocycles. The highest BCUT2D eigenvalue weighted by atomic mass is 16.1. The Hall–Kier alpha value is -1.81. The van der Waals surface area contributed by atoms with Crippen molar-refractivity contribution in [2.24, 2.45) is 12.8 Å². The minimum absolute atomic E-state index is 0.0121. The molecule has 0 fully saturated rings. The summed E-state index contributed by atoms with van der Waals surface area (Å²) >= 11 is 0. The quantitative estimate of drug-likeness (QED) is 0.883. The summed E-state index contributed by atoms with van der Waals surface area (Å²) in [6.07, 6.45) is 0.595. The van der Waals surface area contributed by atoms with Gasteiger partial charge in [0, 0.05) is 18.2 Å². The number of nitrogens with one attached hydrogen (secondary N) is 1. The Balaban J connectivity index is 2.69. The minimum Gasteiger partial charge on any atom is -0.330 e. The van der Waals surface area contributed by atoms with Crippen LogP contribution in [-0.4, -0.2) is 16.3 Å². The van der Waals surface area contributed by atoms with Crippen molar-refractivity contribution in [3.05, 3.63) is 44.7 Å². The number of benzene rings is 1. The summed E-state index contributed by atoms with van der Waals surface area (Å²) < 4.78 is 1.52. The third-order valence-electron chi connectivity index (χ3n) is 3.87. The Morgan fingerprint density at radius 2 is 1.89 bits per heavy atom. The third kappa shape index (κ3) is 2.24. The van der Waals surface area contributed by atoms with Crippen LogP contribution in [0.4, 0.5) is 0 Å². The van der Waals surface area contributed by atoms with Gasteiger partial charge in [0.05, 0.1) is 5.69 Å². The zero-order valence-corrected chi connectivity index (χ0v) is 12.0. The van der Waals surface area contributed by atoms with Crippen LogP contribution in [0.1, 0.15) is 22.3 Å². The van der Waals surface area contributed by atoms with Gasteiger partial charge in [-0.2, -0.15) is 0 Å². The van der Waals surface area contributed by atoms with Gasteiger partial charge in [-0.05, 0) is 50.4 Å². The maximum absolute atomic E-state index is 12.1. The lowest BCUT2D eigenvalue weighted by Gasteiger charge is -2.11. The van der Waals surface area contributed by atoms with E-state index in [4.69, 9.17) is 5.73 Å². The number of hydrogen-bond acceptors (Lipinski definition) is 2. The predicted molar refractivity (Wildman–Crippen MR) is 78.4 cm³/mol. The summed E-state index contributed by atoms with van der Waals surface area (Å²) in [6.45, 7) is 6.78. The largest absolute Gasteiger partial charge is 0.330 e. The van der Waals surface area contributed by atoms with Crippen LogP contribution < -0.4 is 11.3 Å². The molecule has 3 N–H and O–H groups in total. The van der Waals surface area contributed by atoms with Gasteiger partial charge in [-0.3, -0.25) is 14.6 Å². The molecule has 1 aromatic heterocycles. The van der Waals surface area contributed by atoms with Gasteiger partial charge in [0.2, 0.25) is 0 Å². The Morgan fingerprint density at radius 3 is 2.53 bits per heavy atom. The Labute approximate surface area is 113 Å². The molecule has 4 nitrogen and oxygen atoms in total. The maximum atomic E-state index is 12.1. The lowest BCUT2D eigenvalue weighted by atomic mass is 9.95. The van der Waals surface area contributed by atoms with E-state index in [0.717, 1.165) is 16.8 Å². The molecule has 4 heteroatoms. The highest BCUT2D eigenvalue weighted by Gasteiger charge is 2.16. The molecule has 0 aliphatic heterocycles. The standard InChI is InChI=1S/C15H21N3O/c1-9-5-6-12(11(3)10(9)2)14-13(7-8-16)15(19)18(4)17-14/h5-6,17H,7-8,16H2,1-4H3. The Kier molecular flexibility index (Phi) is 3.62. The van der Waals surface area contributed by atoms with Crippen molar-refractivity contribution in [3.8, 4) is 11.3 Å². The van der Waals surface area contributed by atoms with Crippen molar-refractivity contribution in [2.45, 2.75) is 27.2 Å². The topological polar surface area (TPSA) is 63.8 Å². The third-order valence-corrected chi connectivity index (χ3v) is 3.87. The summed E-state index contributed by atoms with van der Waals surface area (Å²) in [4.78, 5) is 12.1.